The molecule has 140 valence electrons. The maximum Gasteiger partial charge on any atom is 0.216 e. The lowest BCUT2D eigenvalue weighted by Gasteiger charge is -2.27. The number of hydrogen-bond acceptors (Lipinski definition) is 4. The van der Waals surface area contributed by atoms with Crippen molar-refractivity contribution in [3.8, 4) is 11.3 Å². The second kappa shape index (κ2) is 8.85. The van der Waals surface area contributed by atoms with E-state index in [9.17, 15) is 5.11 Å². The highest BCUT2D eigenvalue weighted by molar-refractivity contribution is 5.80. The van der Waals surface area contributed by atoms with Crippen LogP contribution in [0.5, 0.6) is 0 Å². The monoisotopic (exact) mass is 356 g/mol. The Morgan fingerprint density at radius 3 is 2.65 bits per heavy atom. The average Bonchev–Trinajstić information content (AvgIpc) is 3.11. The van der Waals surface area contributed by atoms with E-state index in [2.05, 4.69) is 39.7 Å². The second-order valence-electron chi connectivity index (χ2n) is 6.83. The van der Waals surface area contributed by atoms with Crippen LogP contribution in [0.2, 0.25) is 0 Å². The number of nitrogens with zero attached hydrogens (tertiary/aromatic N) is 2. The first-order chi connectivity index (χ1) is 12.6. The molecule has 0 unspecified atom stereocenters. The summed E-state index contributed by atoms with van der Waals surface area (Å²) in [5.74, 6) is 2.12. The van der Waals surface area contributed by atoms with Gasteiger partial charge in [0.25, 0.3) is 0 Å². The molecule has 1 fully saturated rings. The number of aliphatic hydroxyl groups excluding tert-OH is 1. The van der Waals surface area contributed by atoms with Gasteiger partial charge in [0.15, 0.2) is 11.7 Å². The number of rotatable bonds is 5. The van der Waals surface area contributed by atoms with Crippen molar-refractivity contribution in [1.29, 1.82) is 0 Å². The minimum absolute atomic E-state index is 0.153. The van der Waals surface area contributed by atoms with Crippen LogP contribution < -0.4 is 10.6 Å². The second-order valence-corrected chi connectivity index (χ2v) is 6.83. The quantitative estimate of drug-likeness (QED) is 0.567. The highest BCUT2D eigenvalue weighted by Crippen LogP contribution is 2.21. The predicted molar refractivity (Wildman–Crippen MR) is 103 cm³/mol. The van der Waals surface area contributed by atoms with Gasteiger partial charge >= 0.3 is 0 Å². The fraction of sp³-hybridized carbons (Fsp3) is 0.500. The fourth-order valence-electron chi connectivity index (χ4n) is 3.11. The minimum atomic E-state index is -0.153. The zero-order chi connectivity index (χ0) is 18.4. The van der Waals surface area contributed by atoms with Crippen molar-refractivity contribution in [1.82, 2.24) is 15.6 Å². The average molecular weight is 356 g/mol. The summed E-state index contributed by atoms with van der Waals surface area (Å²) in [6.45, 7) is 5.28. The van der Waals surface area contributed by atoms with Gasteiger partial charge in [0.05, 0.1) is 12.3 Å². The van der Waals surface area contributed by atoms with Gasteiger partial charge in [-0.05, 0) is 39.5 Å². The molecule has 6 heteroatoms. The summed E-state index contributed by atoms with van der Waals surface area (Å²) in [6, 6.07) is 8.54. The van der Waals surface area contributed by atoms with Gasteiger partial charge < -0.3 is 20.2 Å². The van der Waals surface area contributed by atoms with Crippen molar-refractivity contribution in [2.75, 3.05) is 6.54 Å². The number of aliphatic imine (C=N–C) groups is 1. The summed E-state index contributed by atoms with van der Waals surface area (Å²) in [5.41, 5.74) is 2.24. The third-order valence-corrected chi connectivity index (χ3v) is 4.64. The molecule has 6 nitrogen and oxygen atoms in total. The zero-order valence-corrected chi connectivity index (χ0v) is 15.5. The Hall–Kier alpha value is -2.34. The molecule has 1 aliphatic carbocycles. The normalized spacial score (nSPS) is 20.8. The number of aryl methyl sites for hydroxylation is 1. The maximum atomic E-state index is 9.63. The van der Waals surface area contributed by atoms with Gasteiger partial charge in [0, 0.05) is 18.2 Å². The van der Waals surface area contributed by atoms with E-state index in [4.69, 9.17) is 4.42 Å². The molecule has 0 bridgehead atoms. The molecule has 1 aliphatic rings. The van der Waals surface area contributed by atoms with Crippen molar-refractivity contribution in [3.05, 3.63) is 41.9 Å². The number of aromatic nitrogens is 1. The molecular formula is C20H28N4O2. The van der Waals surface area contributed by atoms with E-state index in [-0.39, 0.29) is 6.10 Å². The maximum absolute atomic E-state index is 9.63. The molecule has 3 N–H and O–H groups in total. The Bertz CT molecular complexity index is 716. The molecule has 0 spiro atoms. The van der Waals surface area contributed by atoms with Gasteiger partial charge in [-0.1, -0.05) is 29.8 Å². The molecule has 0 aliphatic heterocycles. The fourth-order valence-corrected chi connectivity index (χ4v) is 3.11. The molecule has 0 amide bonds. The molecule has 2 aromatic rings. The Balaban J connectivity index is 1.61. The number of nitrogens with one attached hydrogen (secondary N) is 2. The lowest BCUT2D eigenvalue weighted by molar-refractivity contribution is 0.120. The number of guanidine groups is 1. The van der Waals surface area contributed by atoms with E-state index in [1.54, 1.807) is 6.20 Å². The first kappa shape index (κ1) is 18.5. The van der Waals surface area contributed by atoms with Crippen LogP contribution in [0.25, 0.3) is 11.3 Å². The predicted octanol–water partition coefficient (Wildman–Crippen LogP) is 3.01. The van der Waals surface area contributed by atoms with Gasteiger partial charge in [-0.2, -0.15) is 0 Å². The molecule has 3 rings (SSSR count). The highest BCUT2D eigenvalue weighted by atomic mass is 16.4. The first-order valence-electron chi connectivity index (χ1n) is 9.38. The molecule has 1 heterocycles. The van der Waals surface area contributed by atoms with Crippen LogP contribution >= 0.6 is 0 Å². The lowest BCUT2D eigenvalue weighted by atomic mass is 9.93. The van der Waals surface area contributed by atoms with E-state index in [0.717, 1.165) is 49.5 Å². The van der Waals surface area contributed by atoms with Crippen molar-refractivity contribution < 1.29 is 9.52 Å². The molecule has 1 saturated carbocycles. The van der Waals surface area contributed by atoms with Crippen LogP contribution in [0.1, 0.15) is 44.1 Å². The van der Waals surface area contributed by atoms with Crippen LogP contribution in [0, 0.1) is 6.92 Å². The van der Waals surface area contributed by atoms with Gasteiger partial charge in [-0.15, -0.1) is 0 Å². The summed E-state index contributed by atoms with van der Waals surface area (Å²) in [4.78, 5) is 8.94. The SMILES string of the molecule is CCNC(=NCc1ncc(-c2ccc(C)cc2)o1)NC1CCC(O)CC1. The van der Waals surface area contributed by atoms with Crippen LogP contribution in [0.4, 0.5) is 0 Å². The van der Waals surface area contributed by atoms with Crippen LogP contribution in [-0.4, -0.2) is 34.7 Å². The Labute approximate surface area is 154 Å². The Kier molecular flexibility index (Phi) is 6.28. The van der Waals surface area contributed by atoms with Crippen LogP contribution in [0.3, 0.4) is 0 Å². The van der Waals surface area contributed by atoms with Crippen LogP contribution in [0.15, 0.2) is 39.9 Å². The van der Waals surface area contributed by atoms with Gasteiger partial charge in [0.2, 0.25) is 5.89 Å². The van der Waals surface area contributed by atoms with Gasteiger partial charge in [-0.25, -0.2) is 9.98 Å². The van der Waals surface area contributed by atoms with Crippen molar-refractivity contribution in [3.63, 3.8) is 0 Å². The molecule has 26 heavy (non-hydrogen) atoms. The summed E-state index contributed by atoms with van der Waals surface area (Å²) < 4.78 is 5.84. The van der Waals surface area contributed by atoms with E-state index in [1.807, 2.05) is 19.1 Å². The number of aliphatic hydroxyl groups is 1. The molecule has 0 saturated heterocycles. The largest absolute Gasteiger partial charge is 0.439 e. The molecule has 1 aromatic carbocycles. The van der Waals surface area contributed by atoms with E-state index >= 15 is 0 Å². The lowest BCUT2D eigenvalue weighted by Crippen LogP contribution is -2.45. The Morgan fingerprint density at radius 1 is 1.23 bits per heavy atom. The smallest absolute Gasteiger partial charge is 0.216 e. The summed E-state index contributed by atoms with van der Waals surface area (Å²) in [7, 11) is 0. The van der Waals surface area contributed by atoms with Crippen molar-refractivity contribution in [2.45, 2.75) is 58.2 Å². The topological polar surface area (TPSA) is 82.7 Å². The summed E-state index contributed by atoms with van der Waals surface area (Å²) in [5, 5.41) is 16.3. The number of oxazole rings is 1. The molecule has 1 aromatic heterocycles. The number of benzene rings is 1. The molecular weight excluding hydrogens is 328 g/mol. The van der Waals surface area contributed by atoms with Gasteiger partial charge in [0.1, 0.15) is 6.54 Å². The number of hydrogen-bond donors (Lipinski definition) is 3. The van der Waals surface area contributed by atoms with E-state index < -0.39 is 0 Å². The minimum Gasteiger partial charge on any atom is -0.439 e. The van der Waals surface area contributed by atoms with E-state index in [0.29, 0.717) is 18.5 Å². The molecule has 0 radical (unpaired) electrons. The van der Waals surface area contributed by atoms with Crippen molar-refractivity contribution in [2.24, 2.45) is 4.99 Å². The summed E-state index contributed by atoms with van der Waals surface area (Å²) in [6.07, 6.45) is 5.20. The summed E-state index contributed by atoms with van der Waals surface area (Å²) >= 11 is 0. The van der Waals surface area contributed by atoms with Crippen LogP contribution in [-0.2, 0) is 6.54 Å². The van der Waals surface area contributed by atoms with Gasteiger partial charge in [-0.3, -0.25) is 0 Å². The van der Waals surface area contributed by atoms with E-state index in [1.165, 1.54) is 5.56 Å². The van der Waals surface area contributed by atoms with Crippen molar-refractivity contribution >= 4 is 5.96 Å². The first-order valence-corrected chi connectivity index (χ1v) is 9.38. The third kappa shape index (κ3) is 5.08. The highest BCUT2D eigenvalue weighted by Gasteiger charge is 2.20. The zero-order valence-electron chi connectivity index (χ0n) is 15.5. The Morgan fingerprint density at radius 2 is 1.96 bits per heavy atom. The molecule has 0 atom stereocenters. The third-order valence-electron chi connectivity index (χ3n) is 4.64. The standard InChI is InChI=1S/C20H28N4O2/c1-3-21-20(24-16-8-10-17(25)11-9-16)23-13-19-22-12-18(26-19)15-6-4-14(2)5-7-15/h4-7,12,16-17,25H,3,8-11,13H2,1-2H3,(H2,21,23,24).